The Morgan fingerprint density at radius 1 is 1.12 bits per heavy atom. The molecule has 0 bridgehead atoms. The third-order valence-corrected chi connectivity index (χ3v) is 6.62. The van der Waals surface area contributed by atoms with Crippen molar-refractivity contribution in [3.8, 4) is 0 Å². The Hall–Kier alpha value is -1.48. The summed E-state index contributed by atoms with van der Waals surface area (Å²) >= 11 is 0. The van der Waals surface area contributed by atoms with Gasteiger partial charge in [-0.1, -0.05) is 6.07 Å². The van der Waals surface area contributed by atoms with Crippen LogP contribution >= 0.6 is 0 Å². The number of sulfonamides is 1. The van der Waals surface area contributed by atoms with Gasteiger partial charge in [0.25, 0.3) is 0 Å². The van der Waals surface area contributed by atoms with Gasteiger partial charge in [0.15, 0.2) is 0 Å². The molecule has 1 fully saturated rings. The van der Waals surface area contributed by atoms with Gasteiger partial charge in [0.1, 0.15) is 0 Å². The zero-order valence-corrected chi connectivity index (χ0v) is 16.1. The fraction of sp³-hybridized carbons (Fsp3) is 0.611. The van der Waals surface area contributed by atoms with Gasteiger partial charge < -0.3 is 10.2 Å². The minimum Gasteiger partial charge on any atom is -0.342 e. The lowest BCUT2D eigenvalue weighted by Gasteiger charge is -2.27. The van der Waals surface area contributed by atoms with Crippen LogP contribution in [0.15, 0.2) is 23.1 Å². The van der Waals surface area contributed by atoms with Crippen LogP contribution in [-0.2, 0) is 27.7 Å². The van der Waals surface area contributed by atoms with Crippen LogP contribution in [0.5, 0.6) is 0 Å². The molecular weight excluding hydrogens is 352 g/mol. The van der Waals surface area contributed by atoms with Crippen molar-refractivity contribution < 1.29 is 13.2 Å². The van der Waals surface area contributed by atoms with E-state index in [0.717, 1.165) is 50.3 Å². The average Bonchev–Trinajstić information content (AvgIpc) is 2.84. The predicted molar refractivity (Wildman–Crippen MR) is 101 cm³/mol. The second-order valence-corrected chi connectivity index (χ2v) is 8.69. The van der Waals surface area contributed by atoms with Crippen molar-refractivity contribution in [2.24, 2.45) is 0 Å². The summed E-state index contributed by atoms with van der Waals surface area (Å²) in [6.07, 6.45) is 1.46. The maximum atomic E-state index is 12.6. The maximum absolute atomic E-state index is 12.6. The minimum atomic E-state index is -3.51. The van der Waals surface area contributed by atoms with E-state index in [1.54, 1.807) is 19.1 Å². The molecule has 1 aromatic rings. The zero-order valence-electron chi connectivity index (χ0n) is 15.3. The monoisotopic (exact) mass is 380 g/mol. The summed E-state index contributed by atoms with van der Waals surface area (Å²) in [5, 5.41) is 3.29. The van der Waals surface area contributed by atoms with E-state index in [0.29, 0.717) is 31.0 Å². The molecule has 0 atom stereocenters. The van der Waals surface area contributed by atoms with Gasteiger partial charge >= 0.3 is 0 Å². The average molecular weight is 381 g/mol. The van der Waals surface area contributed by atoms with Crippen molar-refractivity contribution in [3.63, 3.8) is 0 Å². The fourth-order valence-corrected chi connectivity index (χ4v) is 4.61. The van der Waals surface area contributed by atoms with Crippen LogP contribution in [0.4, 0.5) is 0 Å². The van der Waals surface area contributed by atoms with Crippen molar-refractivity contribution in [2.45, 2.75) is 24.7 Å². The second-order valence-electron chi connectivity index (χ2n) is 6.93. The molecule has 144 valence electrons. The van der Waals surface area contributed by atoms with Crippen LogP contribution in [0.25, 0.3) is 0 Å². The number of nitrogens with zero attached hydrogens (tertiary/aromatic N) is 2. The van der Waals surface area contributed by atoms with E-state index >= 15 is 0 Å². The highest BCUT2D eigenvalue weighted by Gasteiger charge is 2.20. The summed E-state index contributed by atoms with van der Waals surface area (Å²) in [5.41, 5.74) is 2.16. The number of amides is 1. The molecule has 0 spiro atoms. The lowest BCUT2D eigenvalue weighted by Crippen LogP contribution is -2.46. The predicted octanol–water partition coefficient (Wildman–Crippen LogP) is -0.183. The lowest BCUT2D eigenvalue weighted by atomic mass is 10.0. The molecule has 2 aliphatic heterocycles. The van der Waals surface area contributed by atoms with Crippen molar-refractivity contribution >= 4 is 15.9 Å². The molecule has 1 aromatic carbocycles. The van der Waals surface area contributed by atoms with Gasteiger partial charge in [-0.3, -0.25) is 9.69 Å². The Kier molecular flexibility index (Phi) is 6.29. The number of fused-ring (bicyclic) bond motifs is 1. The first-order valence-corrected chi connectivity index (χ1v) is 10.7. The van der Waals surface area contributed by atoms with E-state index in [2.05, 4.69) is 14.9 Å². The quantitative estimate of drug-likeness (QED) is 0.741. The van der Waals surface area contributed by atoms with E-state index in [4.69, 9.17) is 0 Å². The molecule has 2 heterocycles. The van der Waals surface area contributed by atoms with Crippen LogP contribution in [0.3, 0.4) is 0 Å². The number of carbonyl (C=O) groups is 1. The molecule has 2 aliphatic rings. The van der Waals surface area contributed by atoms with Crippen LogP contribution in [0.2, 0.25) is 0 Å². The number of hydrogen-bond acceptors (Lipinski definition) is 5. The van der Waals surface area contributed by atoms with Crippen molar-refractivity contribution in [1.82, 2.24) is 19.8 Å². The molecule has 7 nitrogen and oxygen atoms in total. The molecule has 1 amide bonds. The van der Waals surface area contributed by atoms with Crippen LogP contribution in [0, 0.1) is 0 Å². The van der Waals surface area contributed by atoms with Crippen LogP contribution < -0.4 is 10.0 Å². The van der Waals surface area contributed by atoms with Gasteiger partial charge in [-0.2, -0.15) is 0 Å². The first kappa shape index (κ1) is 19.3. The number of benzene rings is 1. The Morgan fingerprint density at radius 3 is 2.50 bits per heavy atom. The molecular formula is C18H28N4O3S. The molecule has 26 heavy (non-hydrogen) atoms. The molecule has 1 saturated heterocycles. The van der Waals surface area contributed by atoms with Gasteiger partial charge in [0.05, 0.1) is 4.90 Å². The highest BCUT2D eigenvalue weighted by Crippen LogP contribution is 2.20. The van der Waals surface area contributed by atoms with E-state index in [9.17, 15) is 13.2 Å². The van der Waals surface area contributed by atoms with Crippen LogP contribution in [-0.4, -0.2) is 76.5 Å². The molecule has 8 heteroatoms. The smallest absolute Gasteiger partial charge is 0.240 e. The summed E-state index contributed by atoms with van der Waals surface area (Å²) in [4.78, 5) is 16.0. The zero-order chi connectivity index (χ0) is 18.6. The largest absolute Gasteiger partial charge is 0.342 e. The normalized spacial score (nSPS) is 19.0. The molecule has 0 aliphatic carbocycles. The fourth-order valence-electron chi connectivity index (χ4n) is 3.54. The maximum Gasteiger partial charge on any atom is 0.240 e. The Bertz CT molecular complexity index is 745. The van der Waals surface area contributed by atoms with Gasteiger partial charge in [-0.25, -0.2) is 13.1 Å². The second kappa shape index (κ2) is 8.47. The van der Waals surface area contributed by atoms with E-state index in [1.165, 1.54) is 0 Å². The molecule has 0 saturated carbocycles. The van der Waals surface area contributed by atoms with Gasteiger partial charge in [-0.15, -0.1) is 0 Å². The minimum absolute atomic E-state index is 0.0697. The summed E-state index contributed by atoms with van der Waals surface area (Å²) in [5.74, 6) is 0.0697. The summed E-state index contributed by atoms with van der Waals surface area (Å²) in [6.45, 7) is 7.86. The Labute approximate surface area is 155 Å². The third-order valence-electron chi connectivity index (χ3n) is 5.17. The third kappa shape index (κ3) is 4.82. The topological polar surface area (TPSA) is 81.8 Å². The van der Waals surface area contributed by atoms with Crippen molar-refractivity contribution in [2.75, 3.05) is 52.4 Å². The standard InChI is InChI=1S/C18H28N4O3S/c1-15(23)22-9-4-16-2-3-18(14-17(16)5-10-22)26(24,25)20-8-13-21-11-6-19-7-12-21/h2-3,14,19-20H,4-13H2,1H3. The lowest BCUT2D eigenvalue weighted by molar-refractivity contribution is -0.128. The first-order chi connectivity index (χ1) is 12.5. The number of nitrogens with one attached hydrogen (secondary N) is 2. The number of carbonyl (C=O) groups excluding carboxylic acids is 1. The number of hydrogen-bond donors (Lipinski definition) is 2. The van der Waals surface area contributed by atoms with E-state index in [1.807, 2.05) is 11.0 Å². The number of piperazine rings is 1. The van der Waals surface area contributed by atoms with E-state index < -0.39 is 10.0 Å². The van der Waals surface area contributed by atoms with Gasteiger partial charge in [0, 0.05) is 59.3 Å². The highest BCUT2D eigenvalue weighted by atomic mass is 32.2. The van der Waals surface area contributed by atoms with Crippen molar-refractivity contribution in [3.05, 3.63) is 29.3 Å². The molecule has 2 N–H and O–H groups in total. The molecule has 3 rings (SSSR count). The molecule has 0 radical (unpaired) electrons. The van der Waals surface area contributed by atoms with Gasteiger partial charge in [0.2, 0.25) is 15.9 Å². The summed E-state index contributed by atoms with van der Waals surface area (Å²) in [6, 6.07) is 5.34. The SMILES string of the molecule is CC(=O)N1CCc2ccc(S(=O)(=O)NCCN3CCNCC3)cc2CC1. The summed E-state index contributed by atoms with van der Waals surface area (Å²) < 4.78 is 27.9. The number of rotatable bonds is 5. The highest BCUT2D eigenvalue weighted by molar-refractivity contribution is 7.89. The molecule has 0 aromatic heterocycles. The van der Waals surface area contributed by atoms with Gasteiger partial charge in [-0.05, 0) is 36.1 Å². The Balaban J connectivity index is 1.62. The Morgan fingerprint density at radius 2 is 1.81 bits per heavy atom. The molecule has 0 unspecified atom stereocenters. The first-order valence-electron chi connectivity index (χ1n) is 9.26. The summed E-state index contributed by atoms with van der Waals surface area (Å²) in [7, 11) is -3.51. The van der Waals surface area contributed by atoms with Crippen LogP contribution in [0.1, 0.15) is 18.1 Å². The van der Waals surface area contributed by atoms with Crippen molar-refractivity contribution in [1.29, 1.82) is 0 Å². The van der Waals surface area contributed by atoms with E-state index in [-0.39, 0.29) is 5.91 Å².